The fraction of sp³-hybridized carbons (Fsp3) is 0.100. The maximum absolute atomic E-state index is 13.7. The number of para-hydroxylation sites is 1. The van der Waals surface area contributed by atoms with Gasteiger partial charge in [-0.25, -0.2) is 19.2 Å². The third-order valence-electron chi connectivity index (χ3n) is 3.66. The summed E-state index contributed by atoms with van der Waals surface area (Å²) in [5.41, 5.74) is 1.18. The first-order valence-corrected chi connectivity index (χ1v) is 8.50. The molecule has 0 saturated heterocycles. The topological polar surface area (TPSA) is 93.2 Å². The van der Waals surface area contributed by atoms with E-state index in [0.29, 0.717) is 11.3 Å². The van der Waals surface area contributed by atoms with Crippen molar-refractivity contribution in [1.29, 1.82) is 0 Å². The van der Waals surface area contributed by atoms with Gasteiger partial charge >= 0.3 is 5.97 Å². The minimum Gasteiger partial charge on any atom is -0.462 e. The Morgan fingerprint density at radius 2 is 1.82 bits per heavy atom. The lowest BCUT2D eigenvalue weighted by Gasteiger charge is -2.08. The Kier molecular flexibility index (Phi) is 5.91. The highest BCUT2D eigenvalue weighted by molar-refractivity contribution is 6.03. The van der Waals surface area contributed by atoms with Crippen LogP contribution in [0.25, 0.3) is 0 Å². The zero-order chi connectivity index (χ0) is 19.9. The molecule has 1 amide bonds. The highest BCUT2D eigenvalue weighted by Gasteiger charge is 2.11. The van der Waals surface area contributed by atoms with E-state index in [9.17, 15) is 14.0 Å². The minimum absolute atomic E-state index is 0.0930. The van der Waals surface area contributed by atoms with E-state index in [-0.39, 0.29) is 23.9 Å². The number of hydrogen-bond acceptors (Lipinski definition) is 6. The van der Waals surface area contributed by atoms with Crippen LogP contribution in [-0.4, -0.2) is 28.5 Å². The standard InChI is InChI=1S/C20H17FN4O3/c1-2-28-19(27)13-7-9-14(10-8-13)23-18(26)17-11-12-22-20(25-17)24-16-6-4-3-5-15(16)21/h3-12H,2H2,1H3,(H,23,26)(H,22,24,25). The SMILES string of the molecule is CCOC(=O)c1ccc(NC(=O)c2ccnc(Nc3ccccc3F)n2)cc1. The van der Waals surface area contributed by atoms with Gasteiger partial charge in [-0.15, -0.1) is 0 Å². The molecule has 0 saturated carbocycles. The van der Waals surface area contributed by atoms with Crippen molar-refractivity contribution in [1.82, 2.24) is 9.97 Å². The zero-order valence-electron chi connectivity index (χ0n) is 15.0. The normalized spacial score (nSPS) is 10.2. The predicted molar refractivity (Wildman–Crippen MR) is 102 cm³/mol. The highest BCUT2D eigenvalue weighted by atomic mass is 19.1. The van der Waals surface area contributed by atoms with Gasteiger partial charge in [0, 0.05) is 11.9 Å². The average molecular weight is 380 g/mol. The molecule has 8 heteroatoms. The second kappa shape index (κ2) is 8.72. The summed E-state index contributed by atoms with van der Waals surface area (Å²) in [6, 6.07) is 13.8. The van der Waals surface area contributed by atoms with E-state index in [1.54, 1.807) is 43.3 Å². The van der Waals surface area contributed by atoms with Crippen LogP contribution in [-0.2, 0) is 4.74 Å². The third kappa shape index (κ3) is 4.67. The van der Waals surface area contributed by atoms with E-state index in [0.717, 1.165) is 0 Å². The second-order valence-corrected chi connectivity index (χ2v) is 5.62. The van der Waals surface area contributed by atoms with Crippen LogP contribution in [0.4, 0.5) is 21.7 Å². The summed E-state index contributed by atoms with van der Waals surface area (Å²) >= 11 is 0. The molecule has 0 atom stereocenters. The molecule has 28 heavy (non-hydrogen) atoms. The molecule has 0 bridgehead atoms. The van der Waals surface area contributed by atoms with Gasteiger partial charge in [0.1, 0.15) is 11.5 Å². The van der Waals surface area contributed by atoms with E-state index in [1.165, 1.54) is 24.4 Å². The quantitative estimate of drug-likeness (QED) is 0.632. The molecule has 2 N–H and O–H groups in total. The zero-order valence-corrected chi connectivity index (χ0v) is 15.0. The Morgan fingerprint density at radius 3 is 2.54 bits per heavy atom. The van der Waals surface area contributed by atoms with Crippen molar-refractivity contribution in [2.45, 2.75) is 6.92 Å². The lowest BCUT2D eigenvalue weighted by atomic mass is 10.2. The van der Waals surface area contributed by atoms with E-state index >= 15 is 0 Å². The molecule has 0 radical (unpaired) electrons. The highest BCUT2D eigenvalue weighted by Crippen LogP contribution is 2.17. The van der Waals surface area contributed by atoms with Crippen molar-refractivity contribution in [2.24, 2.45) is 0 Å². The Balaban J connectivity index is 1.69. The first kappa shape index (κ1) is 19.0. The maximum Gasteiger partial charge on any atom is 0.338 e. The number of aromatic nitrogens is 2. The first-order valence-electron chi connectivity index (χ1n) is 8.50. The number of halogens is 1. The Labute approximate surface area is 160 Å². The fourth-order valence-electron chi connectivity index (χ4n) is 2.33. The number of ether oxygens (including phenoxy) is 1. The number of carbonyl (C=O) groups excluding carboxylic acids is 2. The number of anilines is 3. The molecule has 3 rings (SSSR count). The lowest BCUT2D eigenvalue weighted by molar-refractivity contribution is 0.0526. The Bertz CT molecular complexity index is 993. The molecule has 0 aliphatic carbocycles. The van der Waals surface area contributed by atoms with E-state index in [2.05, 4.69) is 20.6 Å². The average Bonchev–Trinajstić information content (AvgIpc) is 2.71. The summed E-state index contributed by atoms with van der Waals surface area (Å²) < 4.78 is 18.6. The number of carbonyl (C=O) groups is 2. The fourth-order valence-corrected chi connectivity index (χ4v) is 2.33. The molecule has 0 aliphatic heterocycles. The molecule has 1 heterocycles. The lowest BCUT2D eigenvalue weighted by Crippen LogP contribution is -2.15. The summed E-state index contributed by atoms with van der Waals surface area (Å²) in [7, 11) is 0. The smallest absolute Gasteiger partial charge is 0.338 e. The number of rotatable bonds is 6. The van der Waals surface area contributed by atoms with Crippen LogP contribution in [0.15, 0.2) is 60.8 Å². The summed E-state index contributed by atoms with van der Waals surface area (Å²) in [5, 5.41) is 5.41. The van der Waals surface area contributed by atoms with Crippen molar-refractivity contribution < 1.29 is 18.7 Å². The van der Waals surface area contributed by atoms with Gasteiger partial charge in [0.05, 0.1) is 17.9 Å². The second-order valence-electron chi connectivity index (χ2n) is 5.62. The minimum atomic E-state index is -0.470. The predicted octanol–water partition coefficient (Wildman–Crippen LogP) is 3.79. The number of nitrogens with one attached hydrogen (secondary N) is 2. The molecule has 7 nitrogen and oxygen atoms in total. The molecule has 3 aromatic rings. The van der Waals surface area contributed by atoms with E-state index in [1.807, 2.05) is 0 Å². The van der Waals surface area contributed by atoms with Crippen molar-refractivity contribution in [3.8, 4) is 0 Å². The van der Waals surface area contributed by atoms with Crippen LogP contribution in [0.2, 0.25) is 0 Å². The van der Waals surface area contributed by atoms with E-state index < -0.39 is 17.7 Å². The molecule has 2 aromatic carbocycles. The molecule has 0 spiro atoms. The molecule has 1 aromatic heterocycles. The van der Waals surface area contributed by atoms with Gasteiger partial charge in [0.2, 0.25) is 5.95 Å². The van der Waals surface area contributed by atoms with Crippen LogP contribution in [0, 0.1) is 5.82 Å². The number of nitrogens with zero attached hydrogens (tertiary/aromatic N) is 2. The van der Waals surface area contributed by atoms with Gasteiger partial charge in [-0.3, -0.25) is 4.79 Å². The Hall–Kier alpha value is -3.81. The number of esters is 1. The number of hydrogen-bond donors (Lipinski definition) is 2. The molecule has 142 valence electrons. The van der Waals surface area contributed by atoms with Gasteiger partial charge < -0.3 is 15.4 Å². The van der Waals surface area contributed by atoms with Crippen LogP contribution in [0.1, 0.15) is 27.8 Å². The molecule has 0 aliphatic rings. The van der Waals surface area contributed by atoms with Crippen molar-refractivity contribution in [3.63, 3.8) is 0 Å². The maximum atomic E-state index is 13.7. The Morgan fingerprint density at radius 1 is 1.07 bits per heavy atom. The van der Waals surface area contributed by atoms with E-state index in [4.69, 9.17) is 4.74 Å². The van der Waals surface area contributed by atoms with Gasteiger partial charge in [0.15, 0.2) is 0 Å². The molecule has 0 fully saturated rings. The van der Waals surface area contributed by atoms with Crippen LogP contribution in [0.5, 0.6) is 0 Å². The largest absolute Gasteiger partial charge is 0.462 e. The summed E-state index contributed by atoms with van der Waals surface area (Å²) in [6.45, 7) is 2.01. The van der Waals surface area contributed by atoms with Gasteiger partial charge in [-0.05, 0) is 49.4 Å². The first-order chi connectivity index (χ1) is 13.6. The number of benzene rings is 2. The van der Waals surface area contributed by atoms with Crippen molar-refractivity contribution in [3.05, 3.63) is 77.9 Å². The summed E-state index contributed by atoms with van der Waals surface area (Å²) in [5.74, 6) is -1.26. The van der Waals surface area contributed by atoms with Gasteiger partial charge in [-0.2, -0.15) is 0 Å². The summed E-state index contributed by atoms with van der Waals surface area (Å²) in [4.78, 5) is 32.2. The number of amides is 1. The monoisotopic (exact) mass is 380 g/mol. The molecular formula is C20H17FN4O3. The molecule has 0 unspecified atom stereocenters. The van der Waals surface area contributed by atoms with Gasteiger partial charge in [0.25, 0.3) is 5.91 Å². The van der Waals surface area contributed by atoms with Crippen LogP contribution in [0.3, 0.4) is 0 Å². The molecular weight excluding hydrogens is 363 g/mol. The summed E-state index contributed by atoms with van der Waals surface area (Å²) in [6.07, 6.45) is 1.40. The third-order valence-corrected chi connectivity index (χ3v) is 3.66. The van der Waals surface area contributed by atoms with Gasteiger partial charge in [-0.1, -0.05) is 12.1 Å². The van der Waals surface area contributed by atoms with Crippen molar-refractivity contribution in [2.75, 3.05) is 17.2 Å². The van der Waals surface area contributed by atoms with Crippen molar-refractivity contribution >= 4 is 29.2 Å². The van der Waals surface area contributed by atoms with Crippen LogP contribution >= 0.6 is 0 Å². The van der Waals surface area contributed by atoms with Crippen LogP contribution < -0.4 is 10.6 Å².